The summed E-state index contributed by atoms with van der Waals surface area (Å²) in [5.74, 6) is -0.123. The van der Waals surface area contributed by atoms with E-state index < -0.39 is 26.5 Å². The Morgan fingerprint density at radius 2 is 1.75 bits per heavy atom. The number of nitrogens with zero attached hydrogens (tertiary/aromatic N) is 2. The Morgan fingerprint density at radius 3 is 2.41 bits per heavy atom. The predicted octanol–water partition coefficient (Wildman–Crippen LogP) is 4.38. The topological polar surface area (TPSA) is 123 Å². The zero-order valence-electron chi connectivity index (χ0n) is 17.1. The fourth-order valence-corrected chi connectivity index (χ4v) is 4.01. The highest BCUT2D eigenvalue weighted by Gasteiger charge is 2.24. The molecule has 32 heavy (non-hydrogen) atoms. The van der Waals surface area contributed by atoms with E-state index in [4.69, 9.17) is 4.74 Å². The van der Waals surface area contributed by atoms with Crippen LogP contribution in [0.2, 0.25) is 0 Å². The van der Waals surface area contributed by atoms with Gasteiger partial charge in [-0.15, -0.1) is 0 Å². The normalized spacial score (nSPS) is 11.7. The highest BCUT2D eigenvalue weighted by molar-refractivity contribution is 7.93. The Kier molecular flexibility index (Phi) is 6.69. The van der Waals surface area contributed by atoms with Gasteiger partial charge in [-0.05, 0) is 42.8 Å². The van der Waals surface area contributed by atoms with Crippen molar-refractivity contribution in [3.05, 3.63) is 88.2 Å². The Labute approximate surface area is 183 Å². The van der Waals surface area contributed by atoms with Crippen molar-refractivity contribution < 1.29 is 22.5 Å². The van der Waals surface area contributed by atoms with E-state index in [1.807, 2.05) is 0 Å². The lowest BCUT2D eigenvalue weighted by molar-refractivity contribution is -0.385. The zero-order valence-corrected chi connectivity index (χ0v) is 17.9. The van der Waals surface area contributed by atoms with Crippen LogP contribution in [0.4, 0.5) is 21.5 Å². The van der Waals surface area contributed by atoms with Gasteiger partial charge in [0.05, 0.1) is 29.1 Å². The second-order valence-electron chi connectivity index (χ2n) is 6.56. The molecule has 0 aliphatic heterocycles. The van der Waals surface area contributed by atoms with E-state index in [2.05, 4.69) is 15.2 Å². The molecule has 0 radical (unpaired) electrons. The van der Waals surface area contributed by atoms with Crippen LogP contribution in [0.5, 0.6) is 5.75 Å². The molecule has 0 saturated carbocycles. The van der Waals surface area contributed by atoms with Gasteiger partial charge in [-0.2, -0.15) is 5.10 Å². The van der Waals surface area contributed by atoms with Gasteiger partial charge in [0, 0.05) is 12.1 Å². The van der Waals surface area contributed by atoms with Crippen LogP contribution in [0.3, 0.4) is 0 Å². The van der Waals surface area contributed by atoms with Crippen LogP contribution in [-0.4, -0.2) is 26.2 Å². The average Bonchev–Trinajstić information content (AvgIpc) is 2.77. The third-order valence-corrected chi connectivity index (χ3v) is 5.83. The van der Waals surface area contributed by atoms with Crippen molar-refractivity contribution in [3.63, 3.8) is 0 Å². The third kappa shape index (κ3) is 5.19. The van der Waals surface area contributed by atoms with E-state index in [9.17, 15) is 22.9 Å². The lowest BCUT2D eigenvalue weighted by atomic mass is 10.1. The number of benzene rings is 3. The first-order chi connectivity index (χ1) is 15.2. The minimum absolute atomic E-state index is 0.0134. The second-order valence-corrected chi connectivity index (χ2v) is 8.21. The molecule has 0 aliphatic carbocycles. The Morgan fingerprint density at radius 1 is 1.06 bits per heavy atom. The summed E-state index contributed by atoms with van der Waals surface area (Å²) in [6, 6.07) is 15.3. The van der Waals surface area contributed by atoms with Crippen LogP contribution in [0.15, 0.2) is 76.7 Å². The van der Waals surface area contributed by atoms with Gasteiger partial charge in [-0.3, -0.25) is 20.3 Å². The van der Waals surface area contributed by atoms with Crippen LogP contribution in [0, 0.1) is 15.9 Å². The number of methoxy groups -OCH3 is 1. The van der Waals surface area contributed by atoms with Crippen molar-refractivity contribution in [2.75, 3.05) is 17.3 Å². The number of nitro benzene ring substituents is 1. The SMILES string of the molecule is COc1ccccc1NS(=O)(=O)c1cc([N+](=O)[O-])ccc1N/N=C(/C)c1ccc(F)cc1. The highest BCUT2D eigenvalue weighted by Crippen LogP contribution is 2.31. The van der Waals surface area contributed by atoms with Gasteiger partial charge in [0.2, 0.25) is 0 Å². The van der Waals surface area contributed by atoms with Crippen LogP contribution in [0.1, 0.15) is 12.5 Å². The van der Waals surface area contributed by atoms with Crippen molar-refractivity contribution in [2.45, 2.75) is 11.8 Å². The van der Waals surface area contributed by atoms with Gasteiger partial charge >= 0.3 is 0 Å². The molecule has 166 valence electrons. The summed E-state index contributed by atoms with van der Waals surface area (Å²) in [6.45, 7) is 1.65. The van der Waals surface area contributed by atoms with Crippen molar-refractivity contribution in [1.82, 2.24) is 0 Å². The Balaban J connectivity index is 2.00. The summed E-state index contributed by atoms with van der Waals surface area (Å²) < 4.78 is 46.9. The van der Waals surface area contributed by atoms with Crippen molar-refractivity contribution in [3.8, 4) is 5.75 Å². The molecule has 0 bridgehead atoms. The summed E-state index contributed by atoms with van der Waals surface area (Å²) >= 11 is 0. The first-order valence-corrected chi connectivity index (χ1v) is 10.7. The third-order valence-electron chi connectivity index (χ3n) is 4.42. The number of anilines is 2. The molecular weight excluding hydrogens is 439 g/mol. The molecule has 0 aliphatic rings. The fraction of sp³-hybridized carbons (Fsp3) is 0.0952. The van der Waals surface area contributed by atoms with E-state index in [1.54, 1.807) is 25.1 Å². The number of hydrazone groups is 1. The van der Waals surface area contributed by atoms with Crippen molar-refractivity contribution in [1.29, 1.82) is 0 Å². The molecule has 3 rings (SSSR count). The molecule has 0 saturated heterocycles. The first-order valence-electron chi connectivity index (χ1n) is 9.22. The molecule has 3 aromatic rings. The average molecular weight is 458 g/mol. The van der Waals surface area contributed by atoms with Gasteiger partial charge < -0.3 is 4.74 Å². The number of ether oxygens (including phenoxy) is 1. The molecule has 0 spiro atoms. The number of sulfonamides is 1. The standard InChI is InChI=1S/C21H19FN4O5S/c1-14(15-7-9-16(22)10-8-15)23-24-19-12-11-17(26(27)28)13-21(19)32(29,30)25-18-5-3-4-6-20(18)31-2/h3-13,24-25H,1-2H3/b23-14-. The second kappa shape index (κ2) is 9.43. The van der Waals surface area contributed by atoms with Crippen LogP contribution in [-0.2, 0) is 10.0 Å². The van der Waals surface area contributed by atoms with Gasteiger partial charge in [0.25, 0.3) is 15.7 Å². The molecule has 0 amide bonds. The number of halogens is 1. The molecule has 0 atom stereocenters. The number of para-hydroxylation sites is 2. The Bertz CT molecular complexity index is 1280. The van der Waals surface area contributed by atoms with Crippen LogP contribution in [0.25, 0.3) is 0 Å². The molecular formula is C21H19FN4O5S. The maximum Gasteiger partial charge on any atom is 0.270 e. The number of non-ortho nitro benzene ring substituents is 1. The quantitative estimate of drug-likeness (QED) is 0.293. The van der Waals surface area contributed by atoms with E-state index in [-0.39, 0.29) is 22.0 Å². The van der Waals surface area contributed by atoms with Crippen molar-refractivity contribution >= 4 is 32.8 Å². The molecule has 3 aromatic carbocycles. The number of hydrogen-bond acceptors (Lipinski definition) is 7. The number of nitrogens with one attached hydrogen (secondary N) is 2. The molecule has 0 aromatic heterocycles. The fourth-order valence-electron chi connectivity index (χ4n) is 2.77. The van der Waals surface area contributed by atoms with Gasteiger partial charge in [-0.25, -0.2) is 12.8 Å². The van der Waals surface area contributed by atoms with Gasteiger partial charge in [0.1, 0.15) is 16.5 Å². The predicted molar refractivity (Wildman–Crippen MR) is 119 cm³/mol. The molecule has 0 heterocycles. The van der Waals surface area contributed by atoms with Crippen LogP contribution < -0.4 is 14.9 Å². The molecule has 0 unspecified atom stereocenters. The van der Waals surface area contributed by atoms with Crippen LogP contribution >= 0.6 is 0 Å². The van der Waals surface area contributed by atoms with Gasteiger partial charge in [-0.1, -0.05) is 24.3 Å². The molecule has 2 N–H and O–H groups in total. The lowest BCUT2D eigenvalue weighted by Crippen LogP contribution is -2.16. The first kappa shape index (κ1) is 22.7. The van der Waals surface area contributed by atoms with E-state index in [0.29, 0.717) is 11.3 Å². The summed E-state index contributed by atoms with van der Waals surface area (Å²) in [4.78, 5) is 10.1. The van der Waals surface area contributed by atoms with E-state index in [1.165, 1.54) is 43.5 Å². The minimum Gasteiger partial charge on any atom is -0.495 e. The minimum atomic E-state index is -4.27. The van der Waals surface area contributed by atoms with Crippen molar-refractivity contribution in [2.24, 2.45) is 5.10 Å². The molecule has 11 heteroatoms. The Hall–Kier alpha value is -3.99. The highest BCUT2D eigenvalue weighted by atomic mass is 32.2. The maximum atomic E-state index is 13.1. The number of hydrogen-bond donors (Lipinski definition) is 2. The zero-order chi connectivity index (χ0) is 23.3. The summed E-state index contributed by atoms with van der Waals surface area (Å²) in [7, 11) is -2.88. The largest absolute Gasteiger partial charge is 0.495 e. The monoisotopic (exact) mass is 458 g/mol. The van der Waals surface area contributed by atoms with E-state index >= 15 is 0 Å². The lowest BCUT2D eigenvalue weighted by Gasteiger charge is -2.14. The molecule has 0 fully saturated rings. The number of nitro groups is 1. The molecule has 9 nitrogen and oxygen atoms in total. The van der Waals surface area contributed by atoms with E-state index in [0.717, 1.165) is 12.1 Å². The maximum absolute atomic E-state index is 13.1. The smallest absolute Gasteiger partial charge is 0.270 e. The van der Waals surface area contributed by atoms with Gasteiger partial charge in [0.15, 0.2) is 0 Å². The summed E-state index contributed by atoms with van der Waals surface area (Å²) in [5.41, 5.74) is 3.46. The summed E-state index contributed by atoms with van der Waals surface area (Å²) in [6.07, 6.45) is 0. The number of rotatable bonds is 8. The summed E-state index contributed by atoms with van der Waals surface area (Å²) in [5, 5.41) is 15.4.